The summed E-state index contributed by atoms with van der Waals surface area (Å²) in [4.78, 5) is 1.52. The highest BCUT2D eigenvalue weighted by molar-refractivity contribution is 5.38. The second-order valence-corrected chi connectivity index (χ2v) is 6.17. The largest absolute Gasteiger partial charge is 0.490 e. The molecule has 3 nitrogen and oxygen atoms in total. The molecule has 0 spiro atoms. The van der Waals surface area contributed by atoms with Gasteiger partial charge in [0, 0.05) is 0 Å². The maximum absolute atomic E-state index is 10.2. The third-order valence-electron chi connectivity index (χ3n) is 4.57. The lowest BCUT2D eigenvalue weighted by atomic mass is 10.0. The number of nitrogens with one attached hydrogen (secondary N) is 1. The van der Waals surface area contributed by atoms with E-state index in [1.165, 1.54) is 41.8 Å². The van der Waals surface area contributed by atoms with Crippen molar-refractivity contribution in [1.29, 1.82) is 0 Å². The van der Waals surface area contributed by atoms with E-state index in [2.05, 4.69) is 26.8 Å². The van der Waals surface area contributed by atoms with Gasteiger partial charge in [0.15, 0.2) is 0 Å². The second kappa shape index (κ2) is 7.09. The van der Waals surface area contributed by atoms with Gasteiger partial charge in [-0.3, -0.25) is 0 Å². The first-order valence-electron chi connectivity index (χ1n) is 7.79. The zero-order valence-electron chi connectivity index (χ0n) is 13.0. The summed E-state index contributed by atoms with van der Waals surface area (Å²) in [7, 11) is 0. The van der Waals surface area contributed by atoms with Gasteiger partial charge in [-0.25, -0.2) is 0 Å². The molecule has 20 heavy (non-hydrogen) atoms. The van der Waals surface area contributed by atoms with Crippen LogP contribution in [0.2, 0.25) is 0 Å². The van der Waals surface area contributed by atoms with Gasteiger partial charge in [0.05, 0.1) is 12.6 Å². The fraction of sp³-hybridized carbons (Fsp3) is 0.647. The van der Waals surface area contributed by atoms with Crippen LogP contribution in [0.4, 0.5) is 0 Å². The van der Waals surface area contributed by atoms with Gasteiger partial charge in [-0.2, -0.15) is 0 Å². The Kier molecular flexibility index (Phi) is 5.44. The van der Waals surface area contributed by atoms with Gasteiger partial charge >= 0.3 is 0 Å². The predicted octanol–water partition coefficient (Wildman–Crippen LogP) is 1.50. The van der Waals surface area contributed by atoms with Crippen LogP contribution in [0, 0.1) is 13.8 Å². The molecular weight excluding hydrogens is 250 g/mol. The number of aliphatic hydroxyl groups excluding tert-OH is 1. The summed E-state index contributed by atoms with van der Waals surface area (Å²) in [6, 6.07) is 6.73. The third-order valence-corrected chi connectivity index (χ3v) is 4.57. The highest BCUT2D eigenvalue weighted by Gasteiger charge is 2.24. The molecule has 0 aromatic heterocycles. The molecular formula is C17H28NO2+. The zero-order valence-corrected chi connectivity index (χ0v) is 13.0. The maximum atomic E-state index is 10.2. The number of likely N-dealkylation sites (tertiary alicyclic amines) is 1. The van der Waals surface area contributed by atoms with E-state index in [1.54, 1.807) is 0 Å². The van der Waals surface area contributed by atoms with Crippen molar-refractivity contribution in [2.45, 2.75) is 52.2 Å². The first kappa shape index (κ1) is 15.3. The van der Waals surface area contributed by atoms with Crippen LogP contribution in [-0.4, -0.2) is 36.9 Å². The quantitative estimate of drug-likeness (QED) is 0.856. The van der Waals surface area contributed by atoms with E-state index < -0.39 is 0 Å². The third kappa shape index (κ3) is 3.97. The van der Waals surface area contributed by atoms with Gasteiger partial charge in [0.2, 0.25) is 0 Å². The monoisotopic (exact) mass is 278 g/mol. The van der Waals surface area contributed by atoms with Crippen molar-refractivity contribution in [3.05, 3.63) is 29.3 Å². The van der Waals surface area contributed by atoms with Crippen molar-refractivity contribution in [2.24, 2.45) is 0 Å². The Labute approximate surface area is 122 Å². The molecule has 1 aliphatic heterocycles. The summed E-state index contributed by atoms with van der Waals surface area (Å²) in [5, 5.41) is 10.2. The first-order valence-corrected chi connectivity index (χ1v) is 7.79. The molecule has 1 fully saturated rings. The van der Waals surface area contributed by atoms with Crippen molar-refractivity contribution in [3.8, 4) is 5.75 Å². The summed E-state index contributed by atoms with van der Waals surface area (Å²) < 4.78 is 5.79. The minimum atomic E-state index is -0.384. The van der Waals surface area contributed by atoms with Gasteiger partial charge < -0.3 is 14.7 Å². The summed E-state index contributed by atoms with van der Waals surface area (Å²) in [5.74, 6) is 0.894. The number of piperidine rings is 1. The number of hydrogen-bond donors (Lipinski definition) is 2. The van der Waals surface area contributed by atoms with Gasteiger partial charge in [-0.15, -0.1) is 0 Å². The van der Waals surface area contributed by atoms with Crippen molar-refractivity contribution in [1.82, 2.24) is 0 Å². The van der Waals surface area contributed by atoms with Crippen LogP contribution in [0.1, 0.15) is 37.3 Å². The first-order chi connectivity index (χ1) is 9.58. The van der Waals surface area contributed by atoms with Crippen LogP contribution in [0.15, 0.2) is 18.2 Å². The fourth-order valence-corrected chi connectivity index (χ4v) is 2.98. The average Bonchev–Trinajstić information content (AvgIpc) is 2.43. The Morgan fingerprint density at radius 2 is 2.15 bits per heavy atom. The van der Waals surface area contributed by atoms with Crippen molar-refractivity contribution in [3.63, 3.8) is 0 Å². The van der Waals surface area contributed by atoms with Crippen LogP contribution in [0.5, 0.6) is 5.75 Å². The molecule has 3 atom stereocenters. The zero-order chi connectivity index (χ0) is 14.5. The van der Waals surface area contributed by atoms with Crippen LogP contribution < -0.4 is 9.64 Å². The molecule has 2 N–H and O–H groups in total. The smallest absolute Gasteiger partial charge is 0.137 e. The SMILES string of the molecule is Cc1cccc(OC[C@H](O)C[NH+]2CCCC[C@@H]2C)c1C. The Balaban J connectivity index is 1.82. The Bertz CT molecular complexity index is 433. The van der Waals surface area contributed by atoms with Crippen molar-refractivity contribution in [2.75, 3.05) is 19.7 Å². The summed E-state index contributed by atoms with van der Waals surface area (Å²) >= 11 is 0. The molecule has 0 bridgehead atoms. The molecule has 1 aromatic rings. The highest BCUT2D eigenvalue weighted by Crippen LogP contribution is 2.20. The Morgan fingerprint density at radius 1 is 1.35 bits per heavy atom. The fourth-order valence-electron chi connectivity index (χ4n) is 2.98. The van der Waals surface area contributed by atoms with E-state index in [-0.39, 0.29) is 6.10 Å². The molecule has 1 heterocycles. The number of aliphatic hydroxyl groups is 1. The van der Waals surface area contributed by atoms with Crippen LogP contribution >= 0.6 is 0 Å². The lowest BCUT2D eigenvalue weighted by Gasteiger charge is -2.31. The Morgan fingerprint density at radius 3 is 2.90 bits per heavy atom. The summed E-state index contributed by atoms with van der Waals surface area (Å²) in [6.07, 6.45) is 3.51. The van der Waals surface area contributed by atoms with Crippen LogP contribution in [-0.2, 0) is 0 Å². The second-order valence-electron chi connectivity index (χ2n) is 6.17. The van der Waals surface area contributed by atoms with E-state index in [1.807, 2.05) is 12.1 Å². The normalized spacial score (nSPS) is 24.4. The number of rotatable bonds is 5. The number of benzene rings is 1. The van der Waals surface area contributed by atoms with Gasteiger partial charge in [-0.05, 0) is 57.2 Å². The highest BCUT2D eigenvalue weighted by atomic mass is 16.5. The molecule has 1 unspecified atom stereocenters. The molecule has 0 aliphatic carbocycles. The number of ether oxygens (including phenoxy) is 1. The van der Waals surface area contributed by atoms with E-state index in [4.69, 9.17) is 4.74 Å². The summed E-state index contributed by atoms with van der Waals surface area (Å²) in [6.45, 7) is 8.80. The molecule has 0 radical (unpaired) electrons. The van der Waals surface area contributed by atoms with E-state index in [0.29, 0.717) is 12.6 Å². The van der Waals surface area contributed by atoms with Gasteiger partial charge in [0.25, 0.3) is 0 Å². The van der Waals surface area contributed by atoms with E-state index in [9.17, 15) is 5.11 Å². The van der Waals surface area contributed by atoms with Crippen LogP contribution in [0.3, 0.4) is 0 Å². The Hall–Kier alpha value is -1.06. The molecule has 2 rings (SSSR count). The molecule has 3 heteroatoms. The number of hydrogen-bond acceptors (Lipinski definition) is 2. The summed E-state index contributed by atoms with van der Waals surface area (Å²) in [5.41, 5.74) is 2.39. The molecule has 1 aliphatic rings. The molecule has 1 aromatic carbocycles. The molecule has 0 saturated carbocycles. The minimum Gasteiger partial charge on any atom is -0.490 e. The van der Waals surface area contributed by atoms with E-state index >= 15 is 0 Å². The molecule has 1 saturated heterocycles. The minimum absolute atomic E-state index is 0.384. The van der Waals surface area contributed by atoms with Crippen molar-refractivity contribution >= 4 is 0 Å². The van der Waals surface area contributed by atoms with E-state index in [0.717, 1.165) is 12.3 Å². The lowest BCUT2D eigenvalue weighted by Crippen LogP contribution is -3.17. The van der Waals surface area contributed by atoms with Gasteiger partial charge in [-0.1, -0.05) is 12.1 Å². The van der Waals surface area contributed by atoms with Crippen LogP contribution in [0.25, 0.3) is 0 Å². The lowest BCUT2D eigenvalue weighted by molar-refractivity contribution is -0.931. The topological polar surface area (TPSA) is 33.9 Å². The maximum Gasteiger partial charge on any atom is 0.137 e. The molecule has 0 amide bonds. The standard InChI is InChI=1S/C17H27NO2/c1-13-7-6-9-17(15(13)3)20-12-16(19)11-18-10-5-4-8-14(18)2/h6-7,9,14,16,19H,4-5,8,10-12H2,1-3H3/p+1/t14-,16+/m0/s1. The molecule has 112 valence electrons. The van der Waals surface area contributed by atoms with Gasteiger partial charge in [0.1, 0.15) is 25.0 Å². The van der Waals surface area contributed by atoms with Crippen molar-refractivity contribution < 1.29 is 14.7 Å². The number of aryl methyl sites for hydroxylation is 1. The number of quaternary nitrogens is 1. The average molecular weight is 278 g/mol. The predicted molar refractivity (Wildman–Crippen MR) is 81.4 cm³/mol.